The van der Waals surface area contributed by atoms with E-state index in [0.717, 1.165) is 0 Å². The molecule has 0 radical (unpaired) electrons. The van der Waals surface area contributed by atoms with Crippen molar-refractivity contribution in [3.8, 4) is 0 Å². The number of hydrogen-bond donors (Lipinski definition) is 0. The lowest BCUT2D eigenvalue weighted by molar-refractivity contribution is 0.104. The first-order valence-electron chi connectivity index (χ1n) is 6.24. The van der Waals surface area contributed by atoms with Crippen LogP contribution in [-0.4, -0.2) is 5.78 Å². The summed E-state index contributed by atoms with van der Waals surface area (Å²) in [4.78, 5) is 11.9. The van der Waals surface area contributed by atoms with Crippen LogP contribution in [0, 0.1) is 5.92 Å². The van der Waals surface area contributed by atoms with Crippen LogP contribution in [0.15, 0.2) is 36.4 Å². The Kier molecular flexibility index (Phi) is 4.38. The minimum absolute atomic E-state index is 0.0761. The minimum Gasteiger partial charge on any atom is -0.289 e. The average molecular weight is 249 g/mol. The summed E-state index contributed by atoms with van der Waals surface area (Å²) in [5.74, 6) is 0.673. The van der Waals surface area contributed by atoms with Crippen molar-refractivity contribution in [3.63, 3.8) is 0 Å². The largest absolute Gasteiger partial charge is 0.289 e. The van der Waals surface area contributed by atoms with Crippen LogP contribution in [0.25, 0.3) is 0 Å². The van der Waals surface area contributed by atoms with Crippen molar-refractivity contribution in [3.05, 3.63) is 47.0 Å². The Hall–Kier alpha value is -1.08. The molecule has 17 heavy (non-hydrogen) atoms. The highest BCUT2D eigenvalue weighted by Crippen LogP contribution is 2.24. The van der Waals surface area contributed by atoms with Gasteiger partial charge in [0.05, 0.1) is 0 Å². The Balaban J connectivity index is 1.96. The van der Waals surface area contributed by atoms with Crippen LogP contribution < -0.4 is 0 Å². The number of hydrogen-bond acceptors (Lipinski definition) is 1. The van der Waals surface area contributed by atoms with E-state index in [1.807, 2.05) is 0 Å². The average Bonchev–Trinajstić information content (AvgIpc) is 2.38. The summed E-state index contributed by atoms with van der Waals surface area (Å²) in [7, 11) is 0. The number of halogens is 1. The fourth-order valence-electron chi connectivity index (χ4n) is 2.26. The maximum absolute atomic E-state index is 11.9. The molecule has 1 fully saturated rings. The van der Waals surface area contributed by atoms with Gasteiger partial charge in [0.2, 0.25) is 0 Å². The van der Waals surface area contributed by atoms with E-state index in [1.54, 1.807) is 30.3 Å². The quantitative estimate of drug-likeness (QED) is 0.562. The van der Waals surface area contributed by atoms with Crippen LogP contribution in [0.2, 0.25) is 5.02 Å². The molecule has 1 aromatic carbocycles. The monoisotopic (exact) mass is 248 g/mol. The fourth-order valence-corrected chi connectivity index (χ4v) is 2.39. The van der Waals surface area contributed by atoms with Gasteiger partial charge in [-0.25, -0.2) is 0 Å². The molecule has 1 saturated carbocycles. The van der Waals surface area contributed by atoms with Gasteiger partial charge in [-0.05, 0) is 49.1 Å². The molecule has 0 heterocycles. The molecule has 0 amide bonds. The van der Waals surface area contributed by atoms with Gasteiger partial charge in [-0.3, -0.25) is 4.79 Å². The topological polar surface area (TPSA) is 17.1 Å². The number of rotatable bonds is 3. The van der Waals surface area contributed by atoms with Crippen molar-refractivity contribution < 1.29 is 4.79 Å². The second kappa shape index (κ2) is 6.02. The third-order valence-corrected chi connectivity index (χ3v) is 3.55. The second-order valence-corrected chi connectivity index (χ2v) is 5.06. The number of benzene rings is 1. The summed E-state index contributed by atoms with van der Waals surface area (Å²) in [5.41, 5.74) is 0.710. The van der Waals surface area contributed by atoms with Gasteiger partial charge in [-0.1, -0.05) is 36.9 Å². The van der Waals surface area contributed by atoms with Crippen molar-refractivity contribution in [2.24, 2.45) is 5.92 Å². The molecule has 0 bridgehead atoms. The Morgan fingerprint density at radius 2 is 1.76 bits per heavy atom. The smallest absolute Gasteiger partial charge is 0.185 e. The van der Waals surface area contributed by atoms with E-state index < -0.39 is 0 Å². The van der Waals surface area contributed by atoms with Gasteiger partial charge >= 0.3 is 0 Å². The van der Waals surface area contributed by atoms with Crippen molar-refractivity contribution >= 4 is 17.4 Å². The standard InChI is InChI=1S/C15H17ClO/c16-14-9-7-13(8-10-14)15(17)11-6-12-4-2-1-3-5-12/h6-12H,1-5H2/b11-6+. The van der Waals surface area contributed by atoms with Crippen LogP contribution >= 0.6 is 11.6 Å². The molecule has 2 rings (SSSR count). The molecule has 90 valence electrons. The number of ketones is 1. The molecule has 0 aromatic heterocycles. The zero-order valence-corrected chi connectivity index (χ0v) is 10.6. The zero-order valence-electron chi connectivity index (χ0n) is 9.86. The van der Waals surface area contributed by atoms with Crippen LogP contribution in [0.3, 0.4) is 0 Å². The molecule has 0 N–H and O–H groups in total. The predicted molar refractivity (Wildman–Crippen MR) is 71.5 cm³/mol. The molecule has 0 unspecified atom stereocenters. The van der Waals surface area contributed by atoms with Crippen LogP contribution in [0.1, 0.15) is 42.5 Å². The molecular weight excluding hydrogens is 232 g/mol. The van der Waals surface area contributed by atoms with E-state index in [4.69, 9.17) is 11.6 Å². The Morgan fingerprint density at radius 1 is 1.12 bits per heavy atom. The van der Waals surface area contributed by atoms with Crippen LogP contribution in [0.5, 0.6) is 0 Å². The Labute approximate surface area is 107 Å². The molecule has 1 nitrogen and oxygen atoms in total. The summed E-state index contributed by atoms with van der Waals surface area (Å²) in [6.45, 7) is 0. The van der Waals surface area contributed by atoms with Gasteiger partial charge in [0, 0.05) is 10.6 Å². The third kappa shape index (κ3) is 3.71. The summed E-state index contributed by atoms with van der Waals surface area (Å²) in [5, 5.41) is 0.665. The van der Waals surface area contributed by atoms with Crippen molar-refractivity contribution in [2.45, 2.75) is 32.1 Å². The highest BCUT2D eigenvalue weighted by Gasteiger charge is 2.10. The molecule has 0 spiro atoms. The van der Waals surface area contributed by atoms with E-state index >= 15 is 0 Å². The minimum atomic E-state index is 0.0761. The lowest BCUT2D eigenvalue weighted by Crippen LogP contribution is -2.04. The summed E-state index contributed by atoms with van der Waals surface area (Å²) in [6.07, 6.45) is 10.2. The summed E-state index contributed by atoms with van der Waals surface area (Å²) < 4.78 is 0. The Bertz CT molecular complexity index is 399. The van der Waals surface area contributed by atoms with E-state index in [0.29, 0.717) is 16.5 Å². The van der Waals surface area contributed by atoms with Gasteiger partial charge in [-0.2, -0.15) is 0 Å². The van der Waals surface area contributed by atoms with Crippen molar-refractivity contribution in [1.29, 1.82) is 0 Å². The SMILES string of the molecule is O=C(/C=C/C1CCCCC1)c1ccc(Cl)cc1. The maximum Gasteiger partial charge on any atom is 0.185 e. The maximum atomic E-state index is 11.9. The predicted octanol–water partition coefficient (Wildman–Crippen LogP) is 4.66. The first-order valence-corrected chi connectivity index (χ1v) is 6.61. The summed E-state index contributed by atoms with van der Waals surface area (Å²) in [6, 6.07) is 7.05. The molecule has 1 aliphatic rings. The van der Waals surface area contributed by atoms with Crippen LogP contribution in [0.4, 0.5) is 0 Å². The highest BCUT2D eigenvalue weighted by atomic mass is 35.5. The molecule has 0 atom stereocenters. The van der Waals surface area contributed by atoms with Gasteiger partial charge in [0.1, 0.15) is 0 Å². The van der Waals surface area contributed by atoms with Crippen LogP contribution in [-0.2, 0) is 0 Å². The number of allylic oxidation sites excluding steroid dienone is 2. The van der Waals surface area contributed by atoms with E-state index in [-0.39, 0.29) is 5.78 Å². The van der Waals surface area contributed by atoms with Gasteiger partial charge in [0.25, 0.3) is 0 Å². The van der Waals surface area contributed by atoms with Gasteiger partial charge < -0.3 is 0 Å². The molecule has 0 aliphatic heterocycles. The lowest BCUT2D eigenvalue weighted by atomic mass is 9.89. The summed E-state index contributed by atoms with van der Waals surface area (Å²) >= 11 is 5.79. The van der Waals surface area contributed by atoms with Gasteiger partial charge in [0.15, 0.2) is 5.78 Å². The zero-order chi connectivity index (χ0) is 12.1. The number of carbonyl (C=O) groups excluding carboxylic acids is 1. The first kappa shape index (κ1) is 12.4. The third-order valence-electron chi connectivity index (χ3n) is 3.30. The van der Waals surface area contributed by atoms with E-state index in [1.165, 1.54) is 32.1 Å². The normalized spacial score (nSPS) is 17.5. The highest BCUT2D eigenvalue weighted by molar-refractivity contribution is 6.30. The van der Waals surface area contributed by atoms with Crippen molar-refractivity contribution in [1.82, 2.24) is 0 Å². The molecular formula is C15H17ClO. The molecule has 2 heteroatoms. The first-order chi connectivity index (χ1) is 8.25. The molecule has 1 aromatic rings. The van der Waals surface area contributed by atoms with E-state index in [2.05, 4.69) is 6.08 Å². The molecule has 0 saturated heterocycles. The lowest BCUT2D eigenvalue weighted by Gasteiger charge is -2.17. The molecule has 1 aliphatic carbocycles. The van der Waals surface area contributed by atoms with E-state index in [9.17, 15) is 4.79 Å². The van der Waals surface area contributed by atoms with Gasteiger partial charge in [-0.15, -0.1) is 0 Å². The fraction of sp³-hybridized carbons (Fsp3) is 0.400. The Morgan fingerprint density at radius 3 is 2.41 bits per heavy atom. The second-order valence-electron chi connectivity index (χ2n) is 4.63. The van der Waals surface area contributed by atoms with Crippen molar-refractivity contribution in [2.75, 3.05) is 0 Å². The number of carbonyl (C=O) groups is 1.